The fourth-order valence-electron chi connectivity index (χ4n) is 3.28. The number of likely N-dealkylation sites (tertiary alicyclic amines) is 1. The molecule has 0 amide bonds. The number of carbonyl (C=O) groups excluding carboxylic acids is 1. The summed E-state index contributed by atoms with van der Waals surface area (Å²) < 4.78 is 12.8. The molecule has 0 N–H and O–H groups in total. The molecule has 1 atom stereocenters. The van der Waals surface area contributed by atoms with E-state index in [0.29, 0.717) is 17.7 Å². The zero-order valence-corrected chi connectivity index (χ0v) is 14.1. The van der Waals surface area contributed by atoms with Gasteiger partial charge in [0.1, 0.15) is 17.9 Å². The summed E-state index contributed by atoms with van der Waals surface area (Å²) in [6.07, 6.45) is 7.02. The highest BCUT2D eigenvalue weighted by Gasteiger charge is 2.26. The summed E-state index contributed by atoms with van der Waals surface area (Å²) in [5, 5.41) is 0. The number of esters is 1. The minimum atomic E-state index is -0.357. The van der Waals surface area contributed by atoms with Crippen LogP contribution in [0.3, 0.4) is 0 Å². The number of hydrogen-bond donors (Lipinski definition) is 0. The fraction of sp³-hybridized carbons (Fsp3) is 0.389. The lowest BCUT2D eigenvalue weighted by molar-refractivity contribution is 0.0385. The Kier molecular flexibility index (Phi) is 4.23. The predicted molar refractivity (Wildman–Crippen MR) is 90.9 cm³/mol. The van der Waals surface area contributed by atoms with E-state index < -0.39 is 0 Å². The number of aryl methyl sites for hydroxylation is 1. The maximum Gasteiger partial charge on any atom is 0.339 e. The van der Waals surface area contributed by atoms with Gasteiger partial charge in [-0.25, -0.2) is 14.8 Å². The molecule has 4 heterocycles. The van der Waals surface area contributed by atoms with E-state index in [1.807, 2.05) is 23.7 Å². The number of rotatable bonds is 5. The van der Waals surface area contributed by atoms with Crippen molar-refractivity contribution in [2.45, 2.75) is 25.4 Å². The lowest BCUT2D eigenvalue weighted by Crippen LogP contribution is -2.33. The number of ether oxygens (including phenoxy) is 1. The topological polar surface area (TPSA) is 73.4 Å². The van der Waals surface area contributed by atoms with Crippen LogP contribution in [0.5, 0.6) is 0 Å². The summed E-state index contributed by atoms with van der Waals surface area (Å²) in [5.74, 6) is 0.577. The van der Waals surface area contributed by atoms with Crippen molar-refractivity contribution in [1.29, 1.82) is 0 Å². The van der Waals surface area contributed by atoms with E-state index in [1.165, 1.54) is 0 Å². The average Bonchev–Trinajstić information content (AvgIpc) is 3.36. The van der Waals surface area contributed by atoms with Crippen LogP contribution in [-0.2, 0) is 18.3 Å². The largest absolute Gasteiger partial charge is 0.468 e. The minimum Gasteiger partial charge on any atom is -0.468 e. The van der Waals surface area contributed by atoms with Crippen LogP contribution in [0.15, 0.2) is 41.4 Å². The summed E-state index contributed by atoms with van der Waals surface area (Å²) in [7, 11) is 1.87. The SMILES string of the molecule is Cn1cnc2cc(C(=O)OCC3CCCN3Cc3ccco3)cnc21. The Bertz CT molecular complexity index is 872. The van der Waals surface area contributed by atoms with Crippen molar-refractivity contribution in [2.24, 2.45) is 7.05 Å². The summed E-state index contributed by atoms with van der Waals surface area (Å²) in [4.78, 5) is 23.1. The maximum absolute atomic E-state index is 12.3. The molecule has 7 heteroatoms. The highest BCUT2D eigenvalue weighted by atomic mass is 16.5. The number of furan rings is 1. The molecule has 130 valence electrons. The molecule has 0 spiro atoms. The smallest absolute Gasteiger partial charge is 0.339 e. The monoisotopic (exact) mass is 340 g/mol. The van der Waals surface area contributed by atoms with Gasteiger partial charge < -0.3 is 13.7 Å². The van der Waals surface area contributed by atoms with Crippen molar-refractivity contribution in [3.05, 3.63) is 48.3 Å². The van der Waals surface area contributed by atoms with Crippen LogP contribution in [0, 0.1) is 0 Å². The third-order valence-electron chi connectivity index (χ3n) is 4.63. The standard InChI is InChI=1S/C18H20N4O3/c1-21-12-20-16-8-13(9-19-17(16)21)18(23)25-11-14-4-2-6-22(14)10-15-5-3-7-24-15/h3,5,7-9,12,14H,2,4,6,10-11H2,1H3. The Morgan fingerprint density at radius 2 is 2.36 bits per heavy atom. The van der Waals surface area contributed by atoms with Crippen molar-refractivity contribution in [3.63, 3.8) is 0 Å². The first-order valence-corrected chi connectivity index (χ1v) is 8.41. The molecule has 0 saturated carbocycles. The van der Waals surface area contributed by atoms with Crippen LogP contribution >= 0.6 is 0 Å². The molecule has 1 aliphatic rings. The molecule has 25 heavy (non-hydrogen) atoms. The third kappa shape index (κ3) is 3.28. The molecule has 0 aliphatic carbocycles. The van der Waals surface area contributed by atoms with Gasteiger partial charge in [0.05, 0.1) is 24.7 Å². The molecule has 3 aromatic heterocycles. The maximum atomic E-state index is 12.3. The van der Waals surface area contributed by atoms with Crippen molar-refractivity contribution >= 4 is 17.1 Å². The molecule has 7 nitrogen and oxygen atoms in total. The zero-order chi connectivity index (χ0) is 17.2. The van der Waals surface area contributed by atoms with Gasteiger partial charge in [-0.2, -0.15) is 0 Å². The van der Waals surface area contributed by atoms with Gasteiger partial charge in [0.2, 0.25) is 0 Å². The van der Waals surface area contributed by atoms with Crippen LogP contribution < -0.4 is 0 Å². The molecule has 1 saturated heterocycles. The first-order valence-electron chi connectivity index (χ1n) is 8.41. The highest BCUT2D eigenvalue weighted by molar-refractivity contribution is 5.92. The van der Waals surface area contributed by atoms with Gasteiger partial charge in [0.15, 0.2) is 5.65 Å². The lowest BCUT2D eigenvalue weighted by Gasteiger charge is -2.23. The van der Waals surface area contributed by atoms with Crippen molar-refractivity contribution in [1.82, 2.24) is 19.4 Å². The molecule has 0 bridgehead atoms. The van der Waals surface area contributed by atoms with Gasteiger partial charge in [-0.1, -0.05) is 0 Å². The van der Waals surface area contributed by atoms with E-state index in [0.717, 1.165) is 37.3 Å². The Morgan fingerprint density at radius 1 is 1.44 bits per heavy atom. The van der Waals surface area contributed by atoms with Crippen LogP contribution in [0.2, 0.25) is 0 Å². The first kappa shape index (κ1) is 15.8. The molecule has 1 fully saturated rings. The molecular formula is C18H20N4O3. The van der Waals surface area contributed by atoms with Crippen LogP contribution in [0.4, 0.5) is 0 Å². The van der Waals surface area contributed by atoms with Gasteiger partial charge in [-0.15, -0.1) is 0 Å². The number of carbonyl (C=O) groups is 1. The van der Waals surface area contributed by atoms with Gasteiger partial charge >= 0.3 is 5.97 Å². The second-order valence-electron chi connectivity index (χ2n) is 6.37. The van der Waals surface area contributed by atoms with Gasteiger partial charge in [-0.05, 0) is 37.6 Å². The molecule has 1 aliphatic heterocycles. The fourth-order valence-corrected chi connectivity index (χ4v) is 3.28. The minimum absolute atomic E-state index is 0.223. The Balaban J connectivity index is 1.38. The zero-order valence-electron chi connectivity index (χ0n) is 14.1. The van der Waals surface area contributed by atoms with E-state index in [2.05, 4.69) is 14.9 Å². The molecule has 0 radical (unpaired) electrons. The third-order valence-corrected chi connectivity index (χ3v) is 4.63. The van der Waals surface area contributed by atoms with E-state index in [-0.39, 0.29) is 12.0 Å². The van der Waals surface area contributed by atoms with Crippen molar-refractivity contribution in [3.8, 4) is 0 Å². The lowest BCUT2D eigenvalue weighted by atomic mass is 10.2. The molecule has 0 aromatic carbocycles. The van der Waals surface area contributed by atoms with E-state index >= 15 is 0 Å². The summed E-state index contributed by atoms with van der Waals surface area (Å²) in [5.41, 5.74) is 1.87. The van der Waals surface area contributed by atoms with Gasteiger partial charge in [0.25, 0.3) is 0 Å². The number of hydrogen-bond acceptors (Lipinski definition) is 6. The van der Waals surface area contributed by atoms with E-state index in [9.17, 15) is 4.79 Å². The summed E-state index contributed by atoms with van der Waals surface area (Å²) in [6.45, 7) is 2.11. The highest BCUT2D eigenvalue weighted by Crippen LogP contribution is 2.21. The van der Waals surface area contributed by atoms with Crippen molar-refractivity contribution < 1.29 is 13.9 Å². The number of fused-ring (bicyclic) bond motifs is 1. The van der Waals surface area contributed by atoms with E-state index in [1.54, 1.807) is 24.9 Å². The van der Waals surface area contributed by atoms with Crippen LogP contribution in [-0.4, -0.2) is 44.6 Å². The van der Waals surface area contributed by atoms with Gasteiger partial charge in [-0.3, -0.25) is 4.90 Å². The van der Waals surface area contributed by atoms with Crippen LogP contribution in [0.25, 0.3) is 11.2 Å². The quantitative estimate of drug-likeness (QED) is 0.664. The van der Waals surface area contributed by atoms with E-state index in [4.69, 9.17) is 9.15 Å². The molecule has 4 rings (SSSR count). The molecule has 1 unspecified atom stereocenters. The number of imidazole rings is 1. The average molecular weight is 340 g/mol. The predicted octanol–water partition coefficient (Wildman–Crippen LogP) is 2.38. The number of aromatic nitrogens is 3. The van der Waals surface area contributed by atoms with Crippen LogP contribution in [0.1, 0.15) is 29.0 Å². The molecular weight excluding hydrogens is 320 g/mol. The second-order valence-corrected chi connectivity index (χ2v) is 6.37. The number of pyridine rings is 1. The normalized spacial score (nSPS) is 18.0. The second kappa shape index (κ2) is 6.68. The molecule has 3 aromatic rings. The Hall–Kier alpha value is -2.67. The summed E-state index contributed by atoms with van der Waals surface area (Å²) >= 11 is 0. The Morgan fingerprint density at radius 3 is 3.20 bits per heavy atom. The summed E-state index contributed by atoms with van der Waals surface area (Å²) in [6, 6.07) is 5.80. The van der Waals surface area contributed by atoms with Crippen molar-refractivity contribution in [2.75, 3.05) is 13.2 Å². The first-order chi connectivity index (χ1) is 12.2. The van der Waals surface area contributed by atoms with Gasteiger partial charge in [0, 0.05) is 19.3 Å². The number of nitrogens with zero attached hydrogens (tertiary/aromatic N) is 4. The Labute approximate surface area is 145 Å².